The van der Waals surface area contributed by atoms with Crippen LogP contribution in [0.3, 0.4) is 0 Å². The first kappa shape index (κ1) is 17.3. The van der Waals surface area contributed by atoms with Gasteiger partial charge in [-0.25, -0.2) is 4.98 Å². The molecular weight excluding hydrogens is 362 g/mol. The number of fused-ring (bicyclic) bond motifs is 3. The quantitative estimate of drug-likeness (QED) is 0.497. The second-order valence-electron chi connectivity index (χ2n) is 5.76. The average molecular weight is 379 g/mol. The van der Waals surface area contributed by atoms with Gasteiger partial charge in [0.15, 0.2) is 5.65 Å². The molecule has 0 spiro atoms. The van der Waals surface area contributed by atoms with Gasteiger partial charge < -0.3 is 15.0 Å². The molecule has 0 bridgehead atoms. The average Bonchev–Trinajstić information content (AvgIpc) is 3.06. The maximum atomic E-state index is 12.2. The molecule has 0 saturated carbocycles. The molecule has 2 aromatic heterocycles. The van der Waals surface area contributed by atoms with Gasteiger partial charge in [0, 0.05) is 16.6 Å². The highest BCUT2D eigenvalue weighted by Crippen LogP contribution is 2.23. The van der Waals surface area contributed by atoms with Gasteiger partial charge in [-0.1, -0.05) is 30.0 Å². The summed E-state index contributed by atoms with van der Waals surface area (Å²) in [4.78, 5) is 19.8. The van der Waals surface area contributed by atoms with Crippen LogP contribution in [0.2, 0.25) is 0 Å². The number of H-pyrrole nitrogens is 1. The Kier molecular flexibility index (Phi) is 4.88. The minimum absolute atomic E-state index is 0.135. The third-order valence-corrected chi connectivity index (χ3v) is 4.72. The van der Waals surface area contributed by atoms with Crippen LogP contribution in [-0.4, -0.2) is 38.4 Å². The van der Waals surface area contributed by atoms with Gasteiger partial charge in [0.25, 0.3) is 0 Å². The molecule has 0 atom stereocenters. The summed E-state index contributed by atoms with van der Waals surface area (Å²) in [5.41, 5.74) is 3.08. The predicted molar refractivity (Wildman–Crippen MR) is 106 cm³/mol. The summed E-state index contributed by atoms with van der Waals surface area (Å²) in [7, 11) is 0. The first-order chi connectivity index (χ1) is 13.2. The van der Waals surface area contributed by atoms with Crippen LogP contribution in [0.15, 0.2) is 53.7 Å². The van der Waals surface area contributed by atoms with E-state index in [1.54, 1.807) is 0 Å². The molecule has 8 heteroatoms. The summed E-state index contributed by atoms with van der Waals surface area (Å²) in [5.74, 6) is 0.834. The van der Waals surface area contributed by atoms with E-state index in [0.717, 1.165) is 22.2 Å². The number of anilines is 1. The number of ether oxygens (including phenoxy) is 1. The summed E-state index contributed by atoms with van der Waals surface area (Å²) in [6.45, 7) is 2.54. The Morgan fingerprint density at radius 1 is 1.15 bits per heavy atom. The maximum Gasteiger partial charge on any atom is 0.234 e. The van der Waals surface area contributed by atoms with Gasteiger partial charge in [0.05, 0.1) is 12.4 Å². The Morgan fingerprint density at radius 3 is 2.78 bits per heavy atom. The number of hydrogen-bond donors (Lipinski definition) is 2. The van der Waals surface area contributed by atoms with Crippen LogP contribution in [0, 0.1) is 0 Å². The number of aromatic amines is 1. The van der Waals surface area contributed by atoms with Gasteiger partial charge in [-0.15, -0.1) is 10.2 Å². The lowest BCUT2D eigenvalue weighted by molar-refractivity contribution is -0.113. The fraction of sp³-hybridized carbons (Fsp3) is 0.158. The Hall–Kier alpha value is -3.13. The molecule has 1 amide bonds. The largest absolute Gasteiger partial charge is 0.494 e. The first-order valence-corrected chi connectivity index (χ1v) is 9.48. The van der Waals surface area contributed by atoms with Crippen molar-refractivity contribution in [1.82, 2.24) is 20.2 Å². The van der Waals surface area contributed by atoms with E-state index in [2.05, 4.69) is 25.5 Å². The van der Waals surface area contributed by atoms with Crippen molar-refractivity contribution in [3.8, 4) is 5.75 Å². The van der Waals surface area contributed by atoms with Gasteiger partial charge in [-0.05, 0) is 37.3 Å². The van der Waals surface area contributed by atoms with Crippen molar-refractivity contribution in [3.05, 3.63) is 48.5 Å². The molecule has 2 N–H and O–H groups in total. The molecule has 0 radical (unpaired) electrons. The van der Waals surface area contributed by atoms with Crippen molar-refractivity contribution < 1.29 is 9.53 Å². The van der Waals surface area contributed by atoms with Gasteiger partial charge in [-0.2, -0.15) is 0 Å². The molecule has 0 aliphatic heterocycles. The molecule has 7 nitrogen and oxygen atoms in total. The minimum atomic E-state index is -0.135. The number of rotatable bonds is 6. The van der Waals surface area contributed by atoms with Crippen LogP contribution in [0.1, 0.15) is 6.92 Å². The van der Waals surface area contributed by atoms with Crippen molar-refractivity contribution in [2.24, 2.45) is 0 Å². The first-order valence-electron chi connectivity index (χ1n) is 8.49. The van der Waals surface area contributed by atoms with Crippen LogP contribution in [0.25, 0.3) is 22.1 Å². The SMILES string of the molecule is CCOc1ccc(NC(=O)CSc2nnc3c(n2)[nH]c2ccccc23)cc1. The predicted octanol–water partition coefficient (Wildman–Crippen LogP) is 3.64. The Balaban J connectivity index is 1.40. The zero-order valence-corrected chi connectivity index (χ0v) is 15.4. The standard InChI is InChI=1S/C19H17N5O2S/c1-2-26-13-9-7-12(8-10-13)20-16(25)11-27-19-22-18-17(23-24-19)14-5-3-4-6-15(14)21-18/h3-10H,2,11H2,1H3,(H,20,25)(H,21,22,24). The number of carbonyl (C=O) groups excluding carboxylic acids is 1. The Labute approximate surface area is 159 Å². The molecule has 0 unspecified atom stereocenters. The van der Waals surface area contributed by atoms with Crippen LogP contribution < -0.4 is 10.1 Å². The number of nitrogens with one attached hydrogen (secondary N) is 2. The lowest BCUT2D eigenvalue weighted by Gasteiger charge is -2.06. The van der Waals surface area contributed by atoms with E-state index in [1.165, 1.54) is 11.8 Å². The Bertz CT molecular complexity index is 1090. The van der Waals surface area contributed by atoms with Crippen molar-refractivity contribution in [1.29, 1.82) is 0 Å². The monoisotopic (exact) mass is 379 g/mol. The molecule has 0 fully saturated rings. The summed E-state index contributed by atoms with van der Waals surface area (Å²) >= 11 is 1.24. The van der Waals surface area contributed by atoms with Gasteiger partial charge >= 0.3 is 0 Å². The van der Waals surface area contributed by atoms with E-state index in [1.807, 2.05) is 55.5 Å². The highest BCUT2D eigenvalue weighted by Gasteiger charge is 2.11. The summed E-state index contributed by atoms with van der Waals surface area (Å²) in [6, 6.07) is 15.1. The molecule has 4 aromatic rings. The van der Waals surface area contributed by atoms with Gasteiger partial charge in [-0.3, -0.25) is 4.79 Å². The van der Waals surface area contributed by atoms with E-state index in [-0.39, 0.29) is 11.7 Å². The van der Waals surface area contributed by atoms with E-state index >= 15 is 0 Å². The maximum absolute atomic E-state index is 12.2. The number of amides is 1. The van der Waals surface area contributed by atoms with Crippen LogP contribution in [0.5, 0.6) is 5.75 Å². The van der Waals surface area contributed by atoms with Crippen LogP contribution in [-0.2, 0) is 4.79 Å². The molecular formula is C19H17N5O2S. The molecule has 4 rings (SSSR count). The molecule has 0 saturated heterocycles. The summed E-state index contributed by atoms with van der Waals surface area (Å²) in [5, 5.41) is 12.7. The van der Waals surface area contributed by atoms with Crippen LogP contribution in [0.4, 0.5) is 5.69 Å². The molecule has 2 heterocycles. The minimum Gasteiger partial charge on any atom is -0.494 e. The number of para-hydroxylation sites is 1. The molecule has 27 heavy (non-hydrogen) atoms. The van der Waals surface area contributed by atoms with E-state index in [4.69, 9.17) is 4.74 Å². The van der Waals surface area contributed by atoms with Crippen molar-refractivity contribution in [2.75, 3.05) is 17.7 Å². The number of aromatic nitrogens is 4. The second-order valence-corrected chi connectivity index (χ2v) is 6.70. The molecule has 136 valence electrons. The van der Waals surface area contributed by atoms with Crippen molar-refractivity contribution in [2.45, 2.75) is 12.1 Å². The highest BCUT2D eigenvalue weighted by molar-refractivity contribution is 7.99. The number of nitrogens with zero attached hydrogens (tertiary/aromatic N) is 3. The zero-order chi connectivity index (χ0) is 18.6. The zero-order valence-electron chi connectivity index (χ0n) is 14.6. The third kappa shape index (κ3) is 3.85. The topological polar surface area (TPSA) is 92.8 Å². The third-order valence-electron chi connectivity index (χ3n) is 3.88. The number of carbonyl (C=O) groups is 1. The second kappa shape index (κ2) is 7.63. The Morgan fingerprint density at radius 2 is 1.96 bits per heavy atom. The van der Waals surface area contributed by atoms with Crippen molar-refractivity contribution >= 4 is 45.4 Å². The van der Waals surface area contributed by atoms with E-state index < -0.39 is 0 Å². The number of thioether (sulfide) groups is 1. The van der Waals surface area contributed by atoms with E-state index in [9.17, 15) is 4.79 Å². The molecule has 2 aromatic carbocycles. The summed E-state index contributed by atoms with van der Waals surface area (Å²) < 4.78 is 5.38. The van der Waals surface area contributed by atoms with Crippen LogP contribution >= 0.6 is 11.8 Å². The lowest BCUT2D eigenvalue weighted by Crippen LogP contribution is -2.14. The normalized spacial score (nSPS) is 11.0. The van der Waals surface area contributed by atoms with E-state index in [0.29, 0.717) is 23.1 Å². The smallest absolute Gasteiger partial charge is 0.234 e. The summed E-state index contributed by atoms with van der Waals surface area (Å²) in [6.07, 6.45) is 0. The fourth-order valence-corrected chi connectivity index (χ4v) is 3.28. The molecule has 0 aliphatic carbocycles. The van der Waals surface area contributed by atoms with Crippen molar-refractivity contribution in [3.63, 3.8) is 0 Å². The number of benzene rings is 2. The lowest BCUT2D eigenvalue weighted by atomic mass is 10.2. The number of hydrogen-bond acceptors (Lipinski definition) is 6. The van der Waals surface area contributed by atoms with Gasteiger partial charge in [0.1, 0.15) is 11.3 Å². The fourth-order valence-electron chi connectivity index (χ4n) is 2.70. The molecule has 0 aliphatic rings. The van der Waals surface area contributed by atoms with Gasteiger partial charge in [0.2, 0.25) is 11.1 Å². The highest BCUT2D eigenvalue weighted by atomic mass is 32.2.